The van der Waals surface area contributed by atoms with E-state index in [1.807, 2.05) is 0 Å². The molecule has 92 valence electrons. The van der Waals surface area contributed by atoms with Crippen LogP contribution in [0.4, 0.5) is 22.0 Å². The summed E-state index contributed by atoms with van der Waals surface area (Å²) in [6.45, 7) is 0. The minimum atomic E-state index is -4.98. The van der Waals surface area contributed by atoms with E-state index in [-0.39, 0.29) is 10.2 Å². The molecule has 8 heteroatoms. The zero-order chi connectivity index (χ0) is 13.2. The van der Waals surface area contributed by atoms with Crippen LogP contribution in [0.25, 0.3) is 0 Å². The SMILES string of the molecule is N#CCc1nc(C(F)(F)F)c(C(F)F)cc1Br. The van der Waals surface area contributed by atoms with E-state index < -0.39 is 30.3 Å². The van der Waals surface area contributed by atoms with Gasteiger partial charge in [-0.2, -0.15) is 18.4 Å². The van der Waals surface area contributed by atoms with Gasteiger partial charge in [-0.15, -0.1) is 0 Å². The average molecular weight is 315 g/mol. The molecule has 1 heterocycles. The molecular formula is C9H4BrF5N2. The third kappa shape index (κ3) is 3.12. The van der Waals surface area contributed by atoms with Crippen molar-refractivity contribution in [3.8, 4) is 6.07 Å². The van der Waals surface area contributed by atoms with Crippen LogP contribution in [0, 0.1) is 11.3 Å². The largest absolute Gasteiger partial charge is 0.433 e. The predicted octanol–water partition coefficient (Wildman–Crippen LogP) is 3.87. The molecule has 0 aliphatic carbocycles. The van der Waals surface area contributed by atoms with E-state index in [1.165, 1.54) is 0 Å². The second kappa shape index (κ2) is 4.96. The number of nitrogens with zero attached hydrogens (tertiary/aromatic N) is 2. The maximum atomic E-state index is 12.5. The first kappa shape index (κ1) is 13.8. The maximum Gasteiger partial charge on any atom is 0.433 e. The van der Waals surface area contributed by atoms with Crippen LogP contribution in [0.2, 0.25) is 0 Å². The van der Waals surface area contributed by atoms with Crippen LogP contribution in [0.15, 0.2) is 10.5 Å². The molecular weight excluding hydrogens is 311 g/mol. The van der Waals surface area contributed by atoms with Crippen LogP contribution in [-0.4, -0.2) is 4.98 Å². The number of nitriles is 1. The van der Waals surface area contributed by atoms with E-state index in [2.05, 4.69) is 20.9 Å². The minimum Gasteiger partial charge on any atom is -0.246 e. The quantitative estimate of drug-likeness (QED) is 0.777. The second-order valence-corrected chi connectivity index (χ2v) is 3.84. The first-order chi connectivity index (χ1) is 7.77. The lowest BCUT2D eigenvalue weighted by molar-refractivity contribution is -0.143. The van der Waals surface area contributed by atoms with Crippen molar-refractivity contribution in [3.05, 3.63) is 27.5 Å². The molecule has 0 saturated carbocycles. The summed E-state index contributed by atoms with van der Waals surface area (Å²) in [5.74, 6) is 0. The molecule has 0 aromatic carbocycles. The molecule has 0 saturated heterocycles. The molecule has 0 bridgehead atoms. The van der Waals surface area contributed by atoms with Crippen LogP contribution in [0.5, 0.6) is 0 Å². The highest BCUT2D eigenvalue weighted by Crippen LogP contribution is 2.37. The summed E-state index contributed by atoms with van der Waals surface area (Å²) in [6.07, 6.45) is -8.66. The summed E-state index contributed by atoms with van der Waals surface area (Å²) in [6, 6.07) is 2.25. The normalized spacial score (nSPS) is 11.6. The van der Waals surface area contributed by atoms with Crippen molar-refractivity contribution in [3.63, 3.8) is 0 Å². The molecule has 0 aliphatic rings. The molecule has 0 spiro atoms. The summed E-state index contributed by atoms with van der Waals surface area (Å²) >= 11 is 2.80. The lowest BCUT2D eigenvalue weighted by Gasteiger charge is -2.13. The van der Waals surface area contributed by atoms with Gasteiger partial charge in [-0.3, -0.25) is 0 Å². The van der Waals surface area contributed by atoms with Gasteiger partial charge < -0.3 is 0 Å². The Balaban J connectivity index is 3.44. The van der Waals surface area contributed by atoms with E-state index in [9.17, 15) is 22.0 Å². The van der Waals surface area contributed by atoms with Gasteiger partial charge in [-0.1, -0.05) is 0 Å². The molecule has 0 amide bonds. The smallest absolute Gasteiger partial charge is 0.246 e. The summed E-state index contributed by atoms with van der Waals surface area (Å²) in [5.41, 5.74) is -3.07. The first-order valence-corrected chi connectivity index (χ1v) is 4.98. The Morgan fingerprint density at radius 3 is 2.41 bits per heavy atom. The van der Waals surface area contributed by atoms with Gasteiger partial charge in [-0.05, 0) is 22.0 Å². The van der Waals surface area contributed by atoms with Gasteiger partial charge in [0.05, 0.1) is 18.2 Å². The van der Waals surface area contributed by atoms with E-state index in [4.69, 9.17) is 5.26 Å². The summed E-state index contributed by atoms with van der Waals surface area (Å²) in [7, 11) is 0. The van der Waals surface area contributed by atoms with Gasteiger partial charge in [0.25, 0.3) is 6.43 Å². The van der Waals surface area contributed by atoms with Crippen LogP contribution in [0.1, 0.15) is 23.4 Å². The number of aromatic nitrogens is 1. The molecule has 0 N–H and O–H groups in total. The van der Waals surface area contributed by atoms with Crippen molar-refractivity contribution < 1.29 is 22.0 Å². The molecule has 0 radical (unpaired) electrons. The van der Waals surface area contributed by atoms with Gasteiger partial charge in [0.15, 0.2) is 5.69 Å². The maximum absolute atomic E-state index is 12.5. The average Bonchev–Trinajstić information content (AvgIpc) is 2.18. The Hall–Kier alpha value is -1.23. The van der Waals surface area contributed by atoms with E-state index in [0.717, 1.165) is 0 Å². The number of pyridine rings is 1. The number of rotatable bonds is 2. The van der Waals surface area contributed by atoms with Crippen molar-refractivity contribution >= 4 is 15.9 Å². The van der Waals surface area contributed by atoms with Crippen molar-refractivity contribution in [2.45, 2.75) is 19.0 Å². The van der Waals surface area contributed by atoms with Crippen molar-refractivity contribution in [2.75, 3.05) is 0 Å². The van der Waals surface area contributed by atoms with E-state index in [0.29, 0.717) is 6.07 Å². The van der Waals surface area contributed by atoms with Crippen LogP contribution in [-0.2, 0) is 12.6 Å². The van der Waals surface area contributed by atoms with E-state index in [1.54, 1.807) is 6.07 Å². The number of halogens is 6. The Morgan fingerprint density at radius 1 is 1.41 bits per heavy atom. The highest BCUT2D eigenvalue weighted by Gasteiger charge is 2.38. The predicted molar refractivity (Wildman–Crippen MR) is 51.2 cm³/mol. The summed E-state index contributed by atoms with van der Waals surface area (Å²) in [4.78, 5) is 3.08. The fraction of sp³-hybridized carbons (Fsp3) is 0.333. The lowest BCUT2D eigenvalue weighted by Crippen LogP contribution is -2.14. The highest BCUT2D eigenvalue weighted by atomic mass is 79.9. The third-order valence-corrected chi connectivity index (χ3v) is 2.51. The molecule has 0 fully saturated rings. The minimum absolute atomic E-state index is 0.0395. The Kier molecular flexibility index (Phi) is 4.03. The van der Waals surface area contributed by atoms with Gasteiger partial charge in [-0.25, -0.2) is 13.8 Å². The standard InChI is InChI=1S/C9H4BrF5N2/c10-5-3-4(8(11)12)7(9(13,14)15)17-6(5)1-2-16/h3,8H,1H2. The number of hydrogen-bond donors (Lipinski definition) is 0. The topological polar surface area (TPSA) is 36.7 Å². The molecule has 2 nitrogen and oxygen atoms in total. The van der Waals surface area contributed by atoms with Crippen LogP contribution < -0.4 is 0 Å². The fourth-order valence-corrected chi connectivity index (χ4v) is 1.61. The fourth-order valence-electron chi connectivity index (χ4n) is 1.13. The van der Waals surface area contributed by atoms with Crippen molar-refractivity contribution in [2.24, 2.45) is 0 Å². The van der Waals surface area contributed by atoms with Crippen molar-refractivity contribution in [1.82, 2.24) is 4.98 Å². The first-order valence-electron chi connectivity index (χ1n) is 4.19. The molecule has 0 aliphatic heterocycles. The summed E-state index contributed by atoms with van der Waals surface area (Å²) in [5, 5.41) is 8.38. The van der Waals surface area contributed by atoms with E-state index >= 15 is 0 Å². The molecule has 0 atom stereocenters. The Labute approximate surface area is 101 Å². The van der Waals surface area contributed by atoms with Gasteiger partial charge >= 0.3 is 6.18 Å². The zero-order valence-corrected chi connectivity index (χ0v) is 9.61. The summed E-state index contributed by atoms with van der Waals surface area (Å²) < 4.78 is 62.2. The zero-order valence-electron chi connectivity index (χ0n) is 8.02. The van der Waals surface area contributed by atoms with Gasteiger partial charge in [0.2, 0.25) is 0 Å². The van der Waals surface area contributed by atoms with Gasteiger partial charge in [0, 0.05) is 10.0 Å². The second-order valence-electron chi connectivity index (χ2n) is 2.99. The molecule has 1 rings (SSSR count). The van der Waals surface area contributed by atoms with Gasteiger partial charge in [0.1, 0.15) is 0 Å². The van der Waals surface area contributed by atoms with Crippen molar-refractivity contribution in [1.29, 1.82) is 5.26 Å². The number of alkyl halides is 5. The molecule has 0 unspecified atom stereocenters. The molecule has 1 aromatic heterocycles. The number of hydrogen-bond acceptors (Lipinski definition) is 2. The van der Waals surface area contributed by atoms with Crippen LogP contribution in [0.3, 0.4) is 0 Å². The molecule has 17 heavy (non-hydrogen) atoms. The molecule has 1 aromatic rings. The lowest BCUT2D eigenvalue weighted by atomic mass is 10.1. The Morgan fingerprint density at radius 2 is 2.00 bits per heavy atom. The monoisotopic (exact) mass is 314 g/mol. The Bertz CT molecular complexity index is 464. The van der Waals surface area contributed by atoms with Crippen LogP contribution >= 0.6 is 15.9 Å². The third-order valence-electron chi connectivity index (χ3n) is 1.83. The highest BCUT2D eigenvalue weighted by molar-refractivity contribution is 9.10.